The highest BCUT2D eigenvalue weighted by atomic mass is 15.2. The van der Waals surface area contributed by atoms with Crippen LogP contribution in [0.1, 0.15) is 60.8 Å². The minimum absolute atomic E-state index is 0.828. The first-order valence-electron chi connectivity index (χ1n) is 6.40. The molecule has 3 unspecified atom stereocenters. The molecule has 1 fully saturated rings. The molecule has 0 amide bonds. The van der Waals surface area contributed by atoms with Gasteiger partial charge >= 0.3 is 0 Å². The third kappa shape index (κ3) is 4.00. The fourth-order valence-electron chi connectivity index (χ4n) is 2.10. The topological polar surface area (TPSA) is 3.24 Å². The molecule has 14 heavy (non-hydrogen) atoms. The number of likely N-dealkylation sites (tertiary alicyclic amines) is 1. The molecule has 0 saturated carbocycles. The Kier molecular flexibility index (Phi) is 7.26. The van der Waals surface area contributed by atoms with Crippen LogP contribution in [0.5, 0.6) is 0 Å². The lowest BCUT2D eigenvalue weighted by atomic mass is 10.1. The molecule has 0 aromatic heterocycles. The van der Waals surface area contributed by atoms with Gasteiger partial charge in [-0.05, 0) is 32.6 Å². The lowest BCUT2D eigenvalue weighted by molar-refractivity contribution is 0.183. The van der Waals surface area contributed by atoms with Crippen molar-refractivity contribution in [1.29, 1.82) is 0 Å². The van der Waals surface area contributed by atoms with Crippen LogP contribution in [0.4, 0.5) is 0 Å². The van der Waals surface area contributed by atoms with Gasteiger partial charge in [-0.25, -0.2) is 0 Å². The van der Waals surface area contributed by atoms with Crippen LogP contribution < -0.4 is 0 Å². The lowest BCUT2D eigenvalue weighted by Gasteiger charge is -2.28. The van der Waals surface area contributed by atoms with Crippen LogP contribution in [-0.2, 0) is 0 Å². The number of rotatable bonds is 3. The second-order valence-corrected chi connectivity index (χ2v) is 4.49. The van der Waals surface area contributed by atoms with Crippen LogP contribution in [0.25, 0.3) is 0 Å². The third-order valence-corrected chi connectivity index (χ3v) is 3.35. The standard InChI is InChI=1S/C11H23N.C2H6/c1-5-9(2)8-12-10(3)6-7-11(12)4;1-2/h9-11H,5-8H2,1-4H3;1-2H3. The normalized spacial score (nSPS) is 29.6. The Balaban J connectivity index is 0.000000791. The summed E-state index contributed by atoms with van der Waals surface area (Å²) in [5.41, 5.74) is 0. The molecule has 0 N–H and O–H groups in total. The van der Waals surface area contributed by atoms with Crippen LogP contribution >= 0.6 is 0 Å². The van der Waals surface area contributed by atoms with Gasteiger partial charge in [0.15, 0.2) is 0 Å². The van der Waals surface area contributed by atoms with E-state index in [1.54, 1.807) is 0 Å². The Labute approximate surface area is 90.9 Å². The van der Waals surface area contributed by atoms with Crippen LogP contribution in [0, 0.1) is 5.92 Å². The molecular formula is C13H29N. The summed E-state index contributed by atoms with van der Waals surface area (Å²) in [5, 5.41) is 0. The van der Waals surface area contributed by atoms with Gasteiger partial charge < -0.3 is 0 Å². The van der Waals surface area contributed by atoms with Crippen LogP contribution in [0.2, 0.25) is 0 Å². The molecule has 86 valence electrons. The molecule has 0 aromatic rings. The van der Waals surface area contributed by atoms with E-state index < -0.39 is 0 Å². The molecule has 1 nitrogen and oxygen atoms in total. The average Bonchev–Trinajstić information content (AvgIpc) is 2.52. The van der Waals surface area contributed by atoms with Crippen LogP contribution in [-0.4, -0.2) is 23.5 Å². The van der Waals surface area contributed by atoms with Crippen molar-refractivity contribution in [3.63, 3.8) is 0 Å². The predicted octanol–water partition coefficient (Wildman–Crippen LogP) is 3.93. The second-order valence-electron chi connectivity index (χ2n) is 4.49. The van der Waals surface area contributed by atoms with E-state index in [4.69, 9.17) is 0 Å². The van der Waals surface area contributed by atoms with Crippen molar-refractivity contribution in [2.45, 2.75) is 72.9 Å². The summed E-state index contributed by atoms with van der Waals surface area (Å²) in [5.74, 6) is 0.869. The zero-order valence-electron chi connectivity index (χ0n) is 11.0. The summed E-state index contributed by atoms with van der Waals surface area (Å²) in [6.45, 7) is 14.7. The third-order valence-electron chi connectivity index (χ3n) is 3.35. The van der Waals surface area contributed by atoms with Gasteiger partial charge in [0.1, 0.15) is 0 Å². The first-order chi connectivity index (χ1) is 6.65. The average molecular weight is 199 g/mol. The van der Waals surface area contributed by atoms with Crippen LogP contribution in [0.3, 0.4) is 0 Å². The van der Waals surface area contributed by atoms with E-state index in [0.29, 0.717) is 0 Å². The molecule has 0 aliphatic carbocycles. The zero-order chi connectivity index (χ0) is 11.1. The van der Waals surface area contributed by atoms with Gasteiger partial charge in [0.05, 0.1) is 0 Å². The Hall–Kier alpha value is -0.0400. The van der Waals surface area contributed by atoms with Crippen molar-refractivity contribution in [1.82, 2.24) is 4.90 Å². The van der Waals surface area contributed by atoms with Crippen molar-refractivity contribution in [3.05, 3.63) is 0 Å². The number of hydrogen-bond donors (Lipinski definition) is 0. The fourth-order valence-corrected chi connectivity index (χ4v) is 2.10. The molecular weight excluding hydrogens is 170 g/mol. The first kappa shape index (κ1) is 14.0. The van der Waals surface area contributed by atoms with Gasteiger partial charge in [-0.2, -0.15) is 0 Å². The molecule has 1 heteroatoms. The minimum atomic E-state index is 0.828. The van der Waals surface area contributed by atoms with Crippen LogP contribution in [0.15, 0.2) is 0 Å². The Bertz CT molecular complexity index is 123. The van der Waals surface area contributed by atoms with Gasteiger partial charge in [0, 0.05) is 18.6 Å². The zero-order valence-corrected chi connectivity index (χ0v) is 11.0. The maximum absolute atomic E-state index is 2.67. The quantitative estimate of drug-likeness (QED) is 0.665. The van der Waals surface area contributed by atoms with Crippen molar-refractivity contribution >= 4 is 0 Å². The maximum atomic E-state index is 2.67. The van der Waals surface area contributed by atoms with E-state index in [0.717, 1.165) is 18.0 Å². The monoisotopic (exact) mass is 199 g/mol. The Morgan fingerprint density at radius 3 is 1.93 bits per heavy atom. The molecule has 1 aliphatic heterocycles. The van der Waals surface area contributed by atoms with Crippen molar-refractivity contribution < 1.29 is 0 Å². The number of nitrogens with zero attached hydrogens (tertiary/aromatic N) is 1. The highest BCUT2D eigenvalue weighted by molar-refractivity contribution is 4.82. The van der Waals surface area contributed by atoms with Gasteiger partial charge in [-0.15, -0.1) is 0 Å². The molecule has 1 aliphatic rings. The molecule has 3 atom stereocenters. The Morgan fingerprint density at radius 2 is 1.57 bits per heavy atom. The summed E-state index contributed by atoms with van der Waals surface area (Å²) in [7, 11) is 0. The molecule has 0 radical (unpaired) electrons. The summed E-state index contributed by atoms with van der Waals surface area (Å²) in [6.07, 6.45) is 4.12. The summed E-state index contributed by atoms with van der Waals surface area (Å²) < 4.78 is 0. The van der Waals surface area contributed by atoms with Gasteiger partial charge in [-0.1, -0.05) is 34.1 Å². The second kappa shape index (κ2) is 7.28. The molecule has 0 bridgehead atoms. The van der Waals surface area contributed by atoms with E-state index in [-0.39, 0.29) is 0 Å². The first-order valence-corrected chi connectivity index (χ1v) is 6.40. The molecule has 1 rings (SSSR count). The summed E-state index contributed by atoms with van der Waals surface area (Å²) >= 11 is 0. The Morgan fingerprint density at radius 1 is 1.14 bits per heavy atom. The maximum Gasteiger partial charge on any atom is 0.00704 e. The summed E-state index contributed by atoms with van der Waals surface area (Å²) in [4.78, 5) is 2.67. The minimum Gasteiger partial charge on any atom is -0.298 e. The lowest BCUT2D eigenvalue weighted by Crippen LogP contribution is -2.36. The van der Waals surface area contributed by atoms with E-state index in [1.165, 1.54) is 25.8 Å². The molecule has 1 saturated heterocycles. The van der Waals surface area contributed by atoms with Gasteiger partial charge in [0.25, 0.3) is 0 Å². The molecule has 0 spiro atoms. The van der Waals surface area contributed by atoms with E-state index >= 15 is 0 Å². The molecule has 0 aromatic carbocycles. The summed E-state index contributed by atoms with van der Waals surface area (Å²) in [6, 6.07) is 1.66. The van der Waals surface area contributed by atoms with E-state index in [2.05, 4.69) is 32.6 Å². The van der Waals surface area contributed by atoms with Gasteiger partial charge in [-0.3, -0.25) is 4.90 Å². The SMILES string of the molecule is CC.CCC(C)CN1C(C)CCC1C. The predicted molar refractivity (Wildman–Crippen MR) is 65.7 cm³/mol. The van der Waals surface area contributed by atoms with E-state index in [9.17, 15) is 0 Å². The van der Waals surface area contributed by atoms with Crippen molar-refractivity contribution in [2.24, 2.45) is 5.92 Å². The van der Waals surface area contributed by atoms with Crippen molar-refractivity contribution in [2.75, 3.05) is 6.54 Å². The highest BCUT2D eigenvalue weighted by Gasteiger charge is 2.27. The van der Waals surface area contributed by atoms with Gasteiger partial charge in [0.2, 0.25) is 0 Å². The molecule has 1 heterocycles. The largest absolute Gasteiger partial charge is 0.298 e. The van der Waals surface area contributed by atoms with E-state index in [1.807, 2.05) is 13.8 Å². The highest BCUT2D eigenvalue weighted by Crippen LogP contribution is 2.24. The number of hydrogen-bond acceptors (Lipinski definition) is 1. The fraction of sp³-hybridized carbons (Fsp3) is 1.00. The van der Waals surface area contributed by atoms with Crippen molar-refractivity contribution in [3.8, 4) is 0 Å². The smallest absolute Gasteiger partial charge is 0.00704 e.